The van der Waals surface area contributed by atoms with Gasteiger partial charge in [0.25, 0.3) is 5.91 Å². The Labute approximate surface area is 105 Å². The van der Waals surface area contributed by atoms with Crippen LogP contribution in [0.5, 0.6) is 0 Å². The van der Waals surface area contributed by atoms with Gasteiger partial charge < -0.3 is 11.5 Å². The lowest BCUT2D eigenvalue weighted by atomic mass is 10.1. The Morgan fingerprint density at radius 3 is 2.22 bits per heavy atom. The molecule has 18 heavy (non-hydrogen) atoms. The van der Waals surface area contributed by atoms with Crippen molar-refractivity contribution >= 4 is 17.6 Å². The van der Waals surface area contributed by atoms with Crippen molar-refractivity contribution in [2.45, 2.75) is 19.1 Å². The van der Waals surface area contributed by atoms with Crippen molar-refractivity contribution < 1.29 is 9.59 Å². The van der Waals surface area contributed by atoms with Crippen molar-refractivity contribution in [3.8, 4) is 0 Å². The summed E-state index contributed by atoms with van der Waals surface area (Å²) in [5.41, 5.74) is 13.3. The molecule has 6 heteroatoms. The van der Waals surface area contributed by atoms with Crippen LogP contribution in [0, 0.1) is 6.92 Å². The normalized spacial score (nSPS) is 24.7. The first kappa shape index (κ1) is 12.5. The van der Waals surface area contributed by atoms with E-state index in [1.165, 1.54) is 11.9 Å². The molecule has 1 saturated heterocycles. The lowest BCUT2D eigenvalue weighted by molar-refractivity contribution is -0.130. The highest BCUT2D eigenvalue weighted by Crippen LogP contribution is 2.22. The fourth-order valence-electron chi connectivity index (χ4n) is 1.90. The fraction of sp³-hybridized carbons (Fsp3) is 0.333. The molecule has 0 aromatic heterocycles. The molecule has 96 valence electrons. The second-order valence-electron chi connectivity index (χ2n) is 4.40. The zero-order chi connectivity index (χ0) is 13.4. The molecule has 1 aromatic carbocycles. The molecule has 6 nitrogen and oxygen atoms in total. The van der Waals surface area contributed by atoms with Crippen LogP contribution in [0.1, 0.15) is 5.56 Å². The summed E-state index contributed by atoms with van der Waals surface area (Å²) in [5, 5.41) is 0. The van der Waals surface area contributed by atoms with Gasteiger partial charge in [0.05, 0.1) is 0 Å². The Bertz CT molecular complexity index is 485. The van der Waals surface area contributed by atoms with E-state index in [0.29, 0.717) is 5.69 Å². The summed E-state index contributed by atoms with van der Waals surface area (Å²) in [4.78, 5) is 26.1. The molecule has 4 N–H and O–H groups in total. The Kier molecular flexibility index (Phi) is 3.06. The molecule has 2 rings (SSSR count). The molecule has 0 spiro atoms. The number of likely N-dealkylation sites (N-methyl/N-ethyl adjacent to an activating group) is 1. The number of nitrogens with two attached hydrogens (primary N) is 2. The van der Waals surface area contributed by atoms with Crippen molar-refractivity contribution in [1.29, 1.82) is 0 Å². The number of hydrogen-bond acceptors (Lipinski definition) is 4. The molecule has 3 amide bonds. The molecule has 1 heterocycles. The molecule has 1 aliphatic rings. The van der Waals surface area contributed by atoms with E-state index in [1.807, 2.05) is 19.1 Å². The minimum atomic E-state index is -0.908. The fourth-order valence-corrected chi connectivity index (χ4v) is 1.90. The summed E-state index contributed by atoms with van der Waals surface area (Å²) in [5.74, 6) is -0.462. The van der Waals surface area contributed by atoms with E-state index in [1.54, 1.807) is 12.1 Å². The molecule has 1 fully saturated rings. The van der Waals surface area contributed by atoms with E-state index >= 15 is 0 Å². The zero-order valence-corrected chi connectivity index (χ0v) is 10.3. The van der Waals surface area contributed by atoms with Crippen molar-refractivity contribution in [1.82, 2.24) is 4.90 Å². The average molecular weight is 248 g/mol. The van der Waals surface area contributed by atoms with Gasteiger partial charge in [0.1, 0.15) is 12.2 Å². The third kappa shape index (κ3) is 1.85. The van der Waals surface area contributed by atoms with Gasteiger partial charge in [-0.2, -0.15) is 0 Å². The lowest BCUT2D eigenvalue weighted by Crippen LogP contribution is -2.69. The van der Waals surface area contributed by atoms with Crippen LogP contribution >= 0.6 is 0 Å². The maximum atomic E-state index is 12.1. The molecule has 0 bridgehead atoms. The van der Waals surface area contributed by atoms with Crippen LogP contribution in [0.25, 0.3) is 0 Å². The predicted molar refractivity (Wildman–Crippen MR) is 67.8 cm³/mol. The number of anilines is 1. The third-order valence-electron chi connectivity index (χ3n) is 3.09. The number of carbonyl (C=O) groups excluding carboxylic acids is 2. The second-order valence-corrected chi connectivity index (χ2v) is 4.40. The number of carbonyl (C=O) groups is 2. The number of urea groups is 1. The van der Waals surface area contributed by atoms with Crippen molar-refractivity contribution in [2.24, 2.45) is 11.5 Å². The summed E-state index contributed by atoms with van der Waals surface area (Å²) in [6, 6.07) is 5.94. The Morgan fingerprint density at radius 2 is 1.67 bits per heavy atom. The Hall–Kier alpha value is -1.92. The van der Waals surface area contributed by atoms with Crippen LogP contribution < -0.4 is 16.4 Å². The van der Waals surface area contributed by atoms with Gasteiger partial charge in [0, 0.05) is 12.7 Å². The van der Waals surface area contributed by atoms with Crippen molar-refractivity contribution in [3.05, 3.63) is 29.8 Å². The van der Waals surface area contributed by atoms with Gasteiger partial charge in [-0.3, -0.25) is 14.6 Å². The van der Waals surface area contributed by atoms with E-state index in [-0.39, 0.29) is 0 Å². The minimum Gasteiger partial charge on any atom is -0.317 e. The molecule has 0 saturated carbocycles. The third-order valence-corrected chi connectivity index (χ3v) is 3.09. The number of imide groups is 1. The van der Waals surface area contributed by atoms with Crippen molar-refractivity contribution in [2.75, 3.05) is 11.9 Å². The molecule has 1 aromatic rings. The minimum absolute atomic E-state index is 0.460. The standard InChI is InChI=1S/C12H16N4O2/c1-7-3-5-8(6-4-7)16-10(14)9(13)11(17)15(2)12(16)18/h3-6,9-10H,13-14H2,1-2H3. The molecular weight excluding hydrogens is 232 g/mol. The summed E-state index contributed by atoms with van der Waals surface area (Å²) >= 11 is 0. The molecular formula is C12H16N4O2. The van der Waals surface area contributed by atoms with Gasteiger partial charge in [0.2, 0.25) is 0 Å². The van der Waals surface area contributed by atoms with Crippen LogP contribution in [0.2, 0.25) is 0 Å². The highest BCUT2D eigenvalue weighted by Gasteiger charge is 2.41. The second kappa shape index (κ2) is 4.40. The number of amides is 3. The smallest absolute Gasteiger partial charge is 0.317 e. The number of benzene rings is 1. The van der Waals surface area contributed by atoms with Crippen molar-refractivity contribution in [3.63, 3.8) is 0 Å². The van der Waals surface area contributed by atoms with Crippen LogP contribution in [0.3, 0.4) is 0 Å². The monoisotopic (exact) mass is 248 g/mol. The maximum absolute atomic E-state index is 12.1. The first-order chi connectivity index (χ1) is 8.43. The zero-order valence-electron chi connectivity index (χ0n) is 10.3. The van der Waals surface area contributed by atoms with Gasteiger partial charge >= 0.3 is 6.03 Å². The SMILES string of the molecule is Cc1ccc(N2C(=O)N(C)C(=O)C(N)C2N)cc1. The quantitative estimate of drug-likeness (QED) is 0.732. The highest BCUT2D eigenvalue weighted by molar-refractivity contribution is 6.08. The van der Waals surface area contributed by atoms with E-state index in [4.69, 9.17) is 11.5 Å². The number of rotatable bonds is 1. The van der Waals surface area contributed by atoms with Crippen LogP contribution in [0.4, 0.5) is 10.5 Å². The lowest BCUT2D eigenvalue weighted by Gasteiger charge is -2.40. The van der Waals surface area contributed by atoms with E-state index in [2.05, 4.69) is 0 Å². The van der Waals surface area contributed by atoms with Crippen LogP contribution in [-0.4, -0.2) is 36.1 Å². The summed E-state index contributed by atoms with van der Waals surface area (Å²) < 4.78 is 0. The van der Waals surface area contributed by atoms with Gasteiger partial charge in [-0.15, -0.1) is 0 Å². The van der Waals surface area contributed by atoms with E-state index < -0.39 is 24.1 Å². The average Bonchev–Trinajstić information content (AvgIpc) is 2.36. The van der Waals surface area contributed by atoms with Crippen LogP contribution in [-0.2, 0) is 4.79 Å². The number of nitrogens with zero attached hydrogens (tertiary/aromatic N) is 2. The molecule has 2 atom stereocenters. The predicted octanol–water partition coefficient (Wildman–Crippen LogP) is 0.00552. The summed E-state index contributed by atoms with van der Waals surface area (Å²) in [6.07, 6.45) is -0.844. The summed E-state index contributed by atoms with van der Waals surface area (Å²) in [6.45, 7) is 1.95. The number of aryl methyl sites for hydroxylation is 1. The Morgan fingerprint density at radius 1 is 1.11 bits per heavy atom. The van der Waals surface area contributed by atoms with Gasteiger partial charge in [-0.1, -0.05) is 17.7 Å². The first-order valence-corrected chi connectivity index (χ1v) is 5.62. The summed E-state index contributed by atoms with van der Waals surface area (Å²) in [7, 11) is 1.40. The van der Waals surface area contributed by atoms with E-state index in [9.17, 15) is 9.59 Å². The van der Waals surface area contributed by atoms with Gasteiger partial charge in [0.15, 0.2) is 0 Å². The Balaban J connectivity index is 2.39. The van der Waals surface area contributed by atoms with Crippen LogP contribution in [0.15, 0.2) is 24.3 Å². The number of hydrogen-bond donors (Lipinski definition) is 2. The molecule has 2 unspecified atom stereocenters. The molecule has 0 aliphatic carbocycles. The van der Waals surface area contributed by atoms with Gasteiger partial charge in [-0.05, 0) is 19.1 Å². The topological polar surface area (TPSA) is 92.7 Å². The largest absolute Gasteiger partial charge is 0.332 e. The highest BCUT2D eigenvalue weighted by atomic mass is 16.2. The maximum Gasteiger partial charge on any atom is 0.332 e. The molecule has 0 radical (unpaired) electrons. The first-order valence-electron chi connectivity index (χ1n) is 5.62. The van der Waals surface area contributed by atoms with Gasteiger partial charge in [-0.25, -0.2) is 4.79 Å². The van der Waals surface area contributed by atoms with E-state index in [0.717, 1.165) is 10.5 Å². The molecule has 1 aliphatic heterocycles.